The van der Waals surface area contributed by atoms with Crippen LogP contribution in [-0.2, 0) is 9.22 Å². The average molecular weight is 216 g/mol. The van der Waals surface area contributed by atoms with Gasteiger partial charge in [-0.2, -0.15) is 0 Å². The maximum Gasteiger partial charge on any atom is 0.335 e. The highest BCUT2D eigenvalue weighted by Crippen LogP contribution is 2.52. The maximum atomic E-state index is 11.2. The maximum absolute atomic E-state index is 11.2. The van der Waals surface area contributed by atoms with Crippen molar-refractivity contribution in [1.29, 1.82) is 0 Å². The van der Waals surface area contributed by atoms with Gasteiger partial charge in [0.25, 0.3) is 0 Å². The van der Waals surface area contributed by atoms with E-state index in [0.717, 1.165) is 0 Å². The van der Waals surface area contributed by atoms with Crippen molar-refractivity contribution in [2.24, 2.45) is 11.8 Å². The van der Waals surface area contributed by atoms with Gasteiger partial charge in [-0.1, -0.05) is 13.8 Å². The van der Waals surface area contributed by atoms with E-state index in [0.29, 0.717) is 12.3 Å². The van der Waals surface area contributed by atoms with Crippen LogP contribution in [0.2, 0.25) is 19.6 Å². The summed E-state index contributed by atoms with van der Waals surface area (Å²) in [5, 5.41) is 9.18. The molecule has 0 aromatic heterocycles. The third-order valence-corrected chi connectivity index (χ3v) is 3.59. The number of carboxylic acids is 1. The monoisotopic (exact) mass is 216 g/mol. The largest absolute Gasteiger partial charge is 0.479 e. The van der Waals surface area contributed by atoms with Crippen molar-refractivity contribution in [2.45, 2.75) is 45.5 Å². The molecular weight excluding hydrogens is 196 g/mol. The van der Waals surface area contributed by atoms with E-state index in [1.165, 1.54) is 0 Å². The minimum absolute atomic E-state index is 0.201. The van der Waals surface area contributed by atoms with Gasteiger partial charge < -0.3 is 9.53 Å². The molecule has 1 N–H and O–H groups in total. The van der Waals surface area contributed by atoms with E-state index in [2.05, 4.69) is 13.8 Å². The molecule has 1 aliphatic carbocycles. The van der Waals surface area contributed by atoms with Crippen LogP contribution in [0.15, 0.2) is 0 Å². The van der Waals surface area contributed by atoms with Crippen molar-refractivity contribution in [3.8, 4) is 0 Å². The van der Waals surface area contributed by atoms with Gasteiger partial charge in [0, 0.05) is 5.92 Å². The first-order chi connectivity index (χ1) is 6.19. The molecule has 0 aliphatic heterocycles. The lowest BCUT2D eigenvalue weighted by molar-refractivity contribution is -0.149. The molecule has 4 heteroatoms. The average Bonchev–Trinajstić information content (AvgIpc) is 2.60. The molecule has 1 aliphatic rings. The summed E-state index contributed by atoms with van der Waals surface area (Å²) in [4.78, 5) is 11.2. The van der Waals surface area contributed by atoms with Crippen LogP contribution in [-0.4, -0.2) is 25.0 Å². The lowest BCUT2D eigenvalue weighted by atomic mass is 10.1. The van der Waals surface area contributed by atoms with Crippen molar-refractivity contribution >= 4 is 14.3 Å². The zero-order valence-electron chi connectivity index (χ0n) is 9.63. The first-order valence-corrected chi connectivity index (χ1v) is 8.53. The molecule has 82 valence electrons. The second kappa shape index (κ2) is 3.34. The molecule has 1 fully saturated rings. The molecule has 0 bridgehead atoms. The fourth-order valence-electron chi connectivity index (χ4n) is 2.00. The van der Waals surface area contributed by atoms with Crippen LogP contribution in [0, 0.1) is 11.8 Å². The fourth-order valence-corrected chi connectivity index (χ4v) is 3.41. The van der Waals surface area contributed by atoms with E-state index in [9.17, 15) is 9.90 Å². The Morgan fingerprint density at radius 3 is 2.21 bits per heavy atom. The lowest BCUT2D eigenvalue weighted by Crippen LogP contribution is -2.40. The summed E-state index contributed by atoms with van der Waals surface area (Å²) in [6, 6.07) is 0. The van der Waals surface area contributed by atoms with Crippen LogP contribution in [0.3, 0.4) is 0 Å². The van der Waals surface area contributed by atoms with E-state index in [-0.39, 0.29) is 5.92 Å². The molecule has 0 spiro atoms. The highest BCUT2D eigenvalue weighted by molar-refractivity contribution is 6.70. The fraction of sp³-hybridized carbons (Fsp3) is 0.900. The highest BCUT2D eigenvalue weighted by Gasteiger charge is 2.64. The topological polar surface area (TPSA) is 46.5 Å². The summed E-state index contributed by atoms with van der Waals surface area (Å²) in [5.74, 6) is -0.187. The van der Waals surface area contributed by atoms with Gasteiger partial charge in [-0.25, -0.2) is 4.79 Å². The van der Waals surface area contributed by atoms with E-state index in [4.69, 9.17) is 4.43 Å². The quantitative estimate of drug-likeness (QED) is 0.734. The Labute approximate surface area is 86.6 Å². The third kappa shape index (κ3) is 2.17. The van der Waals surface area contributed by atoms with E-state index in [1.54, 1.807) is 0 Å². The first-order valence-electron chi connectivity index (χ1n) is 5.12. The Morgan fingerprint density at radius 2 is 2.00 bits per heavy atom. The molecule has 0 heterocycles. The second-order valence-electron chi connectivity index (χ2n) is 5.46. The Kier molecular flexibility index (Phi) is 2.80. The SMILES string of the molecule is CC(C)C1CC1(O[Si](C)(C)C)C(=O)O. The molecular formula is C10H20O3Si. The van der Waals surface area contributed by atoms with Gasteiger partial charge in [0.1, 0.15) is 0 Å². The summed E-state index contributed by atoms with van der Waals surface area (Å²) >= 11 is 0. The number of hydrogen-bond donors (Lipinski definition) is 1. The molecule has 0 saturated heterocycles. The van der Waals surface area contributed by atoms with Crippen LogP contribution < -0.4 is 0 Å². The molecule has 0 amide bonds. The smallest absolute Gasteiger partial charge is 0.335 e. The highest BCUT2D eigenvalue weighted by atomic mass is 28.4. The van der Waals surface area contributed by atoms with Crippen LogP contribution in [0.5, 0.6) is 0 Å². The van der Waals surface area contributed by atoms with E-state index < -0.39 is 19.9 Å². The van der Waals surface area contributed by atoms with Crippen LogP contribution >= 0.6 is 0 Å². The van der Waals surface area contributed by atoms with Gasteiger partial charge in [0.2, 0.25) is 0 Å². The van der Waals surface area contributed by atoms with E-state index in [1.807, 2.05) is 19.6 Å². The molecule has 1 rings (SSSR count). The summed E-state index contributed by atoms with van der Waals surface area (Å²) in [6.07, 6.45) is 0.685. The molecule has 0 aromatic rings. The number of carbonyl (C=O) groups is 1. The Balaban J connectivity index is 2.74. The van der Waals surface area contributed by atoms with Gasteiger partial charge in [-0.15, -0.1) is 0 Å². The van der Waals surface area contributed by atoms with Crippen LogP contribution in [0.4, 0.5) is 0 Å². The van der Waals surface area contributed by atoms with Crippen LogP contribution in [0.25, 0.3) is 0 Å². The number of hydrogen-bond acceptors (Lipinski definition) is 2. The second-order valence-corrected chi connectivity index (χ2v) is 9.89. The van der Waals surface area contributed by atoms with Gasteiger partial charge in [-0.3, -0.25) is 0 Å². The van der Waals surface area contributed by atoms with Crippen molar-refractivity contribution in [2.75, 3.05) is 0 Å². The van der Waals surface area contributed by atoms with Crippen molar-refractivity contribution in [3.63, 3.8) is 0 Å². The Morgan fingerprint density at radius 1 is 1.50 bits per heavy atom. The molecule has 1 saturated carbocycles. The number of aliphatic carboxylic acids is 1. The number of rotatable bonds is 4. The Hall–Kier alpha value is -0.353. The normalized spacial score (nSPS) is 32.0. The van der Waals surface area contributed by atoms with Crippen molar-refractivity contribution in [3.05, 3.63) is 0 Å². The third-order valence-electron chi connectivity index (χ3n) is 2.62. The van der Waals surface area contributed by atoms with E-state index >= 15 is 0 Å². The molecule has 0 radical (unpaired) electrons. The predicted octanol–water partition coefficient (Wildman–Crippen LogP) is 2.34. The molecule has 14 heavy (non-hydrogen) atoms. The minimum Gasteiger partial charge on any atom is -0.479 e. The lowest BCUT2D eigenvalue weighted by Gasteiger charge is -2.25. The van der Waals surface area contributed by atoms with Crippen molar-refractivity contribution < 1.29 is 14.3 Å². The molecule has 0 aromatic carbocycles. The van der Waals surface area contributed by atoms with Gasteiger partial charge >= 0.3 is 5.97 Å². The first kappa shape index (κ1) is 11.7. The standard InChI is InChI=1S/C10H20O3Si/c1-7(2)8-6-10(8,9(11)12)13-14(3,4)5/h7-8H,6H2,1-5H3,(H,11,12). The summed E-state index contributed by atoms with van der Waals surface area (Å²) in [7, 11) is -1.76. The van der Waals surface area contributed by atoms with Gasteiger partial charge in [0.05, 0.1) is 0 Å². The van der Waals surface area contributed by atoms with Crippen molar-refractivity contribution in [1.82, 2.24) is 0 Å². The molecule has 2 unspecified atom stereocenters. The minimum atomic E-state index is -1.76. The predicted molar refractivity (Wildman–Crippen MR) is 57.7 cm³/mol. The zero-order valence-corrected chi connectivity index (χ0v) is 10.6. The van der Waals surface area contributed by atoms with Gasteiger partial charge in [-0.05, 0) is 32.0 Å². The zero-order chi connectivity index (χ0) is 11.1. The van der Waals surface area contributed by atoms with Crippen LogP contribution in [0.1, 0.15) is 20.3 Å². The summed E-state index contributed by atoms with van der Waals surface area (Å²) < 4.78 is 5.81. The number of carboxylic acid groups (broad SMARTS) is 1. The summed E-state index contributed by atoms with van der Waals surface area (Å²) in [6.45, 7) is 10.2. The molecule has 3 nitrogen and oxygen atoms in total. The Bertz CT molecular complexity index is 244. The van der Waals surface area contributed by atoms with Gasteiger partial charge in [0.15, 0.2) is 13.9 Å². The molecule has 2 atom stereocenters. The summed E-state index contributed by atoms with van der Waals surface area (Å²) in [5.41, 5.74) is -0.849.